The maximum Gasteiger partial charge on any atom is 0.0934 e. The van der Waals surface area contributed by atoms with Gasteiger partial charge in [-0.05, 0) is 27.6 Å². The SMILES string of the molecule is BrCc1ccc(Br)c2[nH]cnc12. The molecule has 0 radical (unpaired) electrons. The second-order valence-electron chi connectivity index (χ2n) is 2.47. The molecule has 0 saturated heterocycles. The molecule has 2 nitrogen and oxygen atoms in total. The molecular weight excluding hydrogens is 284 g/mol. The van der Waals surface area contributed by atoms with Crippen LogP contribution in [-0.2, 0) is 5.33 Å². The van der Waals surface area contributed by atoms with E-state index in [1.165, 1.54) is 5.56 Å². The van der Waals surface area contributed by atoms with Crippen molar-refractivity contribution in [1.82, 2.24) is 9.97 Å². The molecule has 1 aromatic heterocycles. The zero-order valence-electron chi connectivity index (χ0n) is 6.14. The third-order valence-corrected chi connectivity index (χ3v) is 3.02. The van der Waals surface area contributed by atoms with E-state index in [2.05, 4.69) is 47.9 Å². The van der Waals surface area contributed by atoms with E-state index < -0.39 is 0 Å². The minimum Gasteiger partial charge on any atom is -0.344 e. The van der Waals surface area contributed by atoms with E-state index in [4.69, 9.17) is 0 Å². The molecule has 0 atom stereocenters. The molecule has 0 saturated carbocycles. The fourth-order valence-corrected chi connectivity index (χ4v) is 2.05. The van der Waals surface area contributed by atoms with Crippen molar-refractivity contribution >= 4 is 42.9 Å². The number of hydrogen-bond donors (Lipinski definition) is 1. The lowest BCUT2D eigenvalue weighted by Gasteiger charge is -1.98. The molecular formula is C8H6Br2N2. The highest BCUT2D eigenvalue weighted by Gasteiger charge is 2.04. The number of hydrogen-bond acceptors (Lipinski definition) is 1. The van der Waals surface area contributed by atoms with Gasteiger partial charge in [0, 0.05) is 9.80 Å². The van der Waals surface area contributed by atoms with Gasteiger partial charge in [0.15, 0.2) is 0 Å². The summed E-state index contributed by atoms with van der Waals surface area (Å²) in [7, 11) is 0. The summed E-state index contributed by atoms with van der Waals surface area (Å²) < 4.78 is 1.06. The molecule has 0 aliphatic rings. The third kappa shape index (κ3) is 1.19. The van der Waals surface area contributed by atoms with Gasteiger partial charge in [-0.3, -0.25) is 0 Å². The largest absolute Gasteiger partial charge is 0.344 e. The van der Waals surface area contributed by atoms with Gasteiger partial charge in [-0.1, -0.05) is 22.0 Å². The van der Waals surface area contributed by atoms with Gasteiger partial charge in [0.2, 0.25) is 0 Å². The topological polar surface area (TPSA) is 28.7 Å². The summed E-state index contributed by atoms with van der Waals surface area (Å²) in [4.78, 5) is 7.32. The van der Waals surface area contributed by atoms with Gasteiger partial charge in [0.05, 0.1) is 17.4 Å². The smallest absolute Gasteiger partial charge is 0.0934 e. The van der Waals surface area contributed by atoms with E-state index in [1.54, 1.807) is 6.33 Å². The molecule has 0 aliphatic heterocycles. The molecule has 62 valence electrons. The second kappa shape index (κ2) is 3.18. The van der Waals surface area contributed by atoms with E-state index in [0.717, 1.165) is 20.8 Å². The normalized spacial score (nSPS) is 10.8. The summed E-state index contributed by atoms with van der Waals surface area (Å²) in [5.74, 6) is 0. The summed E-state index contributed by atoms with van der Waals surface area (Å²) in [6, 6.07) is 4.08. The van der Waals surface area contributed by atoms with Crippen LogP contribution in [0.5, 0.6) is 0 Å². The Morgan fingerprint density at radius 2 is 2.25 bits per heavy atom. The Morgan fingerprint density at radius 3 is 3.00 bits per heavy atom. The first-order chi connectivity index (χ1) is 5.83. The molecule has 1 heterocycles. The van der Waals surface area contributed by atoms with Crippen LogP contribution in [0.4, 0.5) is 0 Å². The molecule has 1 aromatic carbocycles. The molecule has 1 N–H and O–H groups in total. The highest BCUT2D eigenvalue weighted by Crippen LogP contribution is 2.24. The maximum absolute atomic E-state index is 4.23. The van der Waals surface area contributed by atoms with Gasteiger partial charge in [-0.15, -0.1) is 0 Å². The van der Waals surface area contributed by atoms with Crippen LogP contribution >= 0.6 is 31.9 Å². The van der Waals surface area contributed by atoms with Crippen LogP contribution in [-0.4, -0.2) is 9.97 Å². The number of aromatic amines is 1. The molecule has 4 heteroatoms. The van der Waals surface area contributed by atoms with Crippen molar-refractivity contribution < 1.29 is 0 Å². The minimum atomic E-state index is 0.835. The lowest BCUT2D eigenvalue weighted by Crippen LogP contribution is -1.81. The molecule has 0 bridgehead atoms. The van der Waals surface area contributed by atoms with Gasteiger partial charge in [0.25, 0.3) is 0 Å². The Kier molecular flexibility index (Phi) is 2.19. The van der Waals surface area contributed by atoms with Crippen molar-refractivity contribution in [1.29, 1.82) is 0 Å². The zero-order valence-corrected chi connectivity index (χ0v) is 9.31. The van der Waals surface area contributed by atoms with E-state index in [1.807, 2.05) is 6.07 Å². The van der Waals surface area contributed by atoms with Gasteiger partial charge < -0.3 is 4.98 Å². The van der Waals surface area contributed by atoms with Crippen LogP contribution in [0.1, 0.15) is 5.56 Å². The number of imidazole rings is 1. The highest BCUT2D eigenvalue weighted by atomic mass is 79.9. The average molecular weight is 290 g/mol. The van der Waals surface area contributed by atoms with Crippen molar-refractivity contribution in [2.45, 2.75) is 5.33 Å². The van der Waals surface area contributed by atoms with Crippen molar-refractivity contribution in [2.24, 2.45) is 0 Å². The fraction of sp³-hybridized carbons (Fsp3) is 0.125. The molecule has 0 spiro atoms. The number of fused-ring (bicyclic) bond motifs is 1. The number of nitrogens with one attached hydrogen (secondary N) is 1. The average Bonchev–Trinajstić information content (AvgIpc) is 2.54. The lowest BCUT2D eigenvalue weighted by molar-refractivity contribution is 1.33. The van der Waals surface area contributed by atoms with Gasteiger partial charge >= 0.3 is 0 Å². The number of benzene rings is 1. The van der Waals surface area contributed by atoms with Gasteiger partial charge in [-0.2, -0.15) is 0 Å². The Balaban J connectivity index is 2.82. The van der Waals surface area contributed by atoms with Crippen molar-refractivity contribution in [3.05, 3.63) is 28.5 Å². The second-order valence-corrected chi connectivity index (χ2v) is 3.88. The molecule has 12 heavy (non-hydrogen) atoms. The maximum atomic E-state index is 4.23. The molecule has 0 fully saturated rings. The van der Waals surface area contributed by atoms with Crippen LogP contribution in [0.25, 0.3) is 11.0 Å². The third-order valence-electron chi connectivity index (χ3n) is 1.76. The Hall–Kier alpha value is -0.350. The van der Waals surface area contributed by atoms with Crippen molar-refractivity contribution in [2.75, 3.05) is 0 Å². The number of alkyl halides is 1. The van der Waals surface area contributed by atoms with E-state index in [0.29, 0.717) is 0 Å². The van der Waals surface area contributed by atoms with Gasteiger partial charge in [-0.25, -0.2) is 4.98 Å². The first-order valence-corrected chi connectivity index (χ1v) is 5.41. The van der Waals surface area contributed by atoms with Crippen LogP contribution in [0.3, 0.4) is 0 Å². The predicted octanol–water partition coefficient (Wildman–Crippen LogP) is 3.22. The van der Waals surface area contributed by atoms with Gasteiger partial charge in [0.1, 0.15) is 0 Å². The van der Waals surface area contributed by atoms with Crippen LogP contribution in [0.2, 0.25) is 0 Å². The summed E-state index contributed by atoms with van der Waals surface area (Å²) in [6.45, 7) is 0. The Morgan fingerprint density at radius 1 is 1.42 bits per heavy atom. The number of H-pyrrole nitrogens is 1. The van der Waals surface area contributed by atoms with Crippen molar-refractivity contribution in [3.63, 3.8) is 0 Å². The summed E-state index contributed by atoms with van der Waals surface area (Å²) >= 11 is 6.87. The molecule has 0 amide bonds. The number of nitrogens with zero attached hydrogens (tertiary/aromatic N) is 1. The molecule has 2 rings (SSSR count). The highest BCUT2D eigenvalue weighted by molar-refractivity contribution is 9.10. The molecule has 0 unspecified atom stereocenters. The summed E-state index contributed by atoms with van der Waals surface area (Å²) in [6.07, 6.45) is 1.71. The number of halogens is 2. The standard InChI is InChI=1S/C8H6Br2N2/c9-3-5-1-2-6(10)8-7(5)11-4-12-8/h1-2,4H,3H2,(H,11,12). The van der Waals surface area contributed by atoms with E-state index >= 15 is 0 Å². The Labute approximate surface area is 86.6 Å². The minimum absolute atomic E-state index is 0.835. The molecule has 2 aromatic rings. The van der Waals surface area contributed by atoms with E-state index in [9.17, 15) is 0 Å². The summed E-state index contributed by atoms with van der Waals surface area (Å²) in [5, 5.41) is 0.835. The summed E-state index contributed by atoms with van der Waals surface area (Å²) in [5.41, 5.74) is 3.29. The Bertz CT molecular complexity index is 408. The van der Waals surface area contributed by atoms with Crippen LogP contribution < -0.4 is 0 Å². The quantitative estimate of drug-likeness (QED) is 0.803. The first kappa shape index (κ1) is 8.26. The molecule has 0 aliphatic carbocycles. The number of rotatable bonds is 1. The predicted molar refractivity (Wildman–Crippen MR) is 56.4 cm³/mol. The monoisotopic (exact) mass is 288 g/mol. The lowest BCUT2D eigenvalue weighted by atomic mass is 10.2. The zero-order chi connectivity index (χ0) is 8.55. The number of aromatic nitrogens is 2. The fourth-order valence-electron chi connectivity index (χ4n) is 1.16. The first-order valence-electron chi connectivity index (χ1n) is 3.49. The van der Waals surface area contributed by atoms with Crippen LogP contribution in [0, 0.1) is 0 Å². The van der Waals surface area contributed by atoms with Crippen LogP contribution in [0.15, 0.2) is 22.9 Å². The van der Waals surface area contributed by atoms with Crippen molar-refractivity contribution in [3.8, 4) is 0 Å². The van der Waals surface area contributed by atoms with E-state index in [-0.39, 0.29) is 0 Å².